The van der Waals surface area contributed by atoms with Gasteiger partial charge in [0.2, 0.25) is 0 Å². The number of thioether (sulfide) groups is 1. The summed E-state index contributed by atoms with van der Waals surface area (Å²) < 4.78 is 13.5. The lowest BCUT2D eigenvalue weighted by Crippen LogP contribution is -2.46. The van der Waals surface area contributed by atoms with Crippen LogP contribution >= 0.6 is 11.8 Å². The summed E-state index contributed by atoms with van der Waals surface area (Å²) in [6.07, 6.45) is 3.50. The molecule has 0 saturated carbocycles. The Balaban J connectivity index is 1.63. The van der Waals surface area contributed by atoms with Gasteiger partial charge in [0.05, 0.1) is 0 Å². The van der Waals surface area contributed by atoms with Gasteiger partial charge in [0.15, 0.2) is 0 Å². The van der Waals surface area contributed by atoms with Crippen molar-refractivity contribution in [2.45, 2.75) is 56.1 Å². The van der Waals surface area contributed by atoms with Gasteiger partial charge in [-0.1, -0.05) is 0 Å². The maximum Gasteiger partial charge on any atom is 0.123 e. The van der Waals surface area contributed by atoms with Crippen molar-refractivity contribution in [2.24, 2.45) is 0 Å². The molecular weight excluding hydrogens is 283 g/mol. The molecule has 1 aromatic rings. The Morgan fingerprint density at radius 1 is 1.24 bits per heavy atom. The number of nitrogens with one attached hydrogen (secondary N) is 1. The molecule has 2 aliphatic heterocycles. The van der Waals surface area contributed by atoms with Gasteiger partial charge in [-0.2, -0.15) is 0 Å². The van der Waals surface area contributed by atoms with E-state index in [9.17, 15) is 4.39 Å². The summed E-state index contributed by atoms with van der Waals surface area (Å²) in [5, 5.41) is 3.79. The van der Waals surface area contributed by atoms with Gasteiger partial charge >= 0.3 is 0 Å². The minimum Gasteiger partial charge on any atom is -0.307 e. The minimum atomic E-state index is -0.113. The van der Waals surface area contributed by atoms with Crippen molar-refractivity contribution in [2.75, 3.05) is 18.8 Å². The molecule has 2 nitrogen and oxygen atoms in total. The van der Waals surface area contributed by atoms with Crippen molar-refractivity contribution in [1.29, 1.82) is 0 Å². The van der Waals surface area contributed by atoms with Crippen molar-refractivity contribution in [3.63, 3.8) is 0 Å². The second kappa shape index (κ2) is 6.67. The van der Waals surface area contributed by atoms with Crippen LogP contribution in [0.25, 0.3) is 0 Å². The van der Waals surface area contributed by atoms with Crippen molar-refractivity contribution in [3.8, 4) is 0 Å². The smallest absolute Gasteiger partial charge is 0.123 e. The lowest BCUT2D eigenvalue weighted by Gasteiger charge is -2.37. The van der Waals surface area contributed by atoms with E-state index in [1.54, 1.807) is 12.1 Å². The molecule has 21 heavy (non-hydrogen) atoms. The van der Waals surface area contributed by atoms with Crippen LogP contribution in [0.3, 0.4) is 0 Å². The molecule has 0 aliphatic carbocycles. The highest BCUT2D eigenvalue weighted by molar-refractivity contribution is 7.99. The van der Waals surface area contributed by atoms with Gasteiger partial charge in [0, 0.05) is 23.0 Å². The second-order valence-corrected chi connectivity index (χ2v) is 7.58. The molecule has 0 spiro atoms. The Hall–Kier alpha value is -0.580. The topological polar surface area (TPSA) is 15.3 Å². The molecule has 0 amide bonds. The Bertz CT molecular complexity index is 484. The lowest BCUT2D eigenvalue weighted by molar-refractivity contribution is 0.155. The van der Waals surface area contributed by atoms with Gasteiger partial charge in [0.25, 0.3) is 0 Å². The number of benzene rings is 1. The van der Waals surface area contributed by atoms with Crippen molar-refractivity contribution < 1.29 is 4.39 Å². The van der Waals surface area contributed by atoms with E-state index in [1.807, 2.05) is 17.8 Å². The number of halogens is 1. The van der Waals surface area contributed by atoms with E-state index in [1.165, 1.54) is 30.8 Å². The number of nitrogens with zero attached hydrogens (tertiary/aromatic N) is 1. The van der Waals surface area contributed by atoms with Gasteiger partial charge in [-0.3, -0.25) is 0 Å². The number of rotatable bonds is 3. The molecule has 2 aliphatic rings. The molecule has 0 radical (unpaired) electrons. The van der Waals surface area contributed by atoms with Crippen LogP contribution in [0.5, 0.6) is 0 Å². The van der Waals surface area contributed by atoms with Crippen LogP contribution in [0.15, 0.2) is 23.1 Å². The summed E-state index contributed by atoms with van der Waals surface area (Å²) >= 11 is 1.85. The fourth-order valence-corrected chi connectivity index (χ4v) is 4.51. The van der Waals surface area contributed by atoms with Gasteiger partial charge in [-0.05, 0) is 75.7 Å². The van der Waals surface area contributed by atoms with Crippen LogP contribution in [0.4, 0.5) is 4.39 Å². The van der Waals surface area contributed by atoms with Gasteiger partial charge in [-0.25, -0.2) is 4.39 Å². The molecule has 1 aromatic carbocycles. The average molecular weight is 308 g/mol. The summed E-state index contributed by atoms with van der Waals surface area (Å²) in [5.41, 5.74) is 1.16. The highest BCUT2D eigenvalue weighted by Crippen LogP contribution is 2.37. The molecule has 1 fully saturated rings. The zero-order valence-corrected chi connectivity index (χ0v) is 13.8. The maximum absolute atomic E-state index is 13.5. The number of fused-ring (bicyclic) bond motifs is 1. The van der Waals surface area contributed by atoms with E-state index in [0.29, 0.717) is 18.1 Å². The van der Waals surface area contributed by atoms with E-state index in [0.717, 1.165) is 17.7 Å². The first-order valence-electron chi connectivity index (χ1n) is 8.06. The third-order valence-corrected chi connectivity index (χ3v) is 5.83. The van der Waals surface area contributed by atoms with Crippen LogP contribution in [-0.4, -0.2) is 35.8 Å². The maximum atomic E-state index is 13.5. The van der Waals surface area contributed by atoms with Crippen molar-refractivity contribution in [3.05, 3.63) is 29.6 Å². The summed E-state index contributed by atoms with van der Waals surface area (Å²) in [5.74, 6) is 1.01. The minimum absolute atomic E-state index is 0.113. The van der Waals surface area contributed by atoms with E-state index in [2.05, 4.69) is 24.1 Å². The highest BCUT2D eigenvalue weighted by Gasteiger charge is 2.26. The van der Waals surface area contributed by atoms with E-state index < -0.39 is 0 Å². The Labute approximate surface area is 131 Å². The van der Waals surface area contributed by atoms with Crippen molar-refractivity contribution >= 4 is 11.8 Å². The summed E-state index contributed by atoms with van der Waals surface area (Å²) in [7, 11) is 0. The Morgan fingerprint density at radius 2 is 2.00 bits per heavy atom. The molecule has 1 atom stereocenters. The first-order valence-corrected chi connectivity index (χ1v) is 9.04. The van der Waals surface area contributed by atoms with E-state index >= 15 is 0 Å². The Kier molecular flexibility index (Phi) is 4.87. The number of likely N-dealkylation sites (tertiary alicyclic amines) is 1. The first-order chi connectivity index (χ1) is 10.1. The standard InChI is InChI=1S/C17H25FN2S/c1-12(2)20-8-5-14(6-9-20)19-16-7-10-21-17-4-3-13(18)11-15(16)17/h3-4,11-12,14,16,19H,5-10H2,1-2H3. The van der Waals surface area contributed by atoms with Crippen LogP contribution < -0.4 is 5.32 Å². The fourth-order valence-electron chi connectivity index (χ4n) is 3.41. The van der Waals surface area contributed by atoms with Gasteiger partial charge in [-0.15, -0.1) is 11.8 Å². The predicted octanol–water partition coefficient (Wildman–Crippen LogP) is 3.83. The quantitative estimate of drug-likeness (QED) is 0.914. The van der Waals surface area contributed by atoms with Crippen LogP contribution in [0.2, 0.25) is 0 Å². The average Bonchev–Trinajstić information content (AvgIpc) is 2.48. The third-order valence-electron chi connectivity index (χ3n) is 4.71. The van der Waals surface area contributed by atoms with Crippen LogP contribution in [-0.2, 0) is 0 Å². The molecule has 116 valence electrons. The number of hydrogen-bond donors (Lipinski definition) is 1. The number of hydrogen-bond acceptors (Lipinski definition) is 3. The largest absolute Gasteiger partial charge is 0.307 e. The monoisotopic (exact) mass is 308 g/mol. The summed E-state index contributed by atoms with van der Waals surface area (Å²) in [6, 6.07) is 6.78. The zero-order chi connectivity index (χ0) is 14.8. The normalized spacial score (nSPS) is 24.3. The molecule has 0 aromatic heterocycles. The zero-order valence-electron chi connectivity index (χ0n) is 12.9. The SMILES string of the molecule is CC(C)N1CCC(NC2CCSc3ccc(F)cc32)CC1. The molecule has 1 N–H and O–H groups in total. The van der Waals surface area contributed by atoms with Crippen molar-refractivity contribution in [1.82, 2.24) is 10.2 Å². The van der Waals surface area contributed by atoms with Gasteiger partial charge < -0.3 is 10.2 Å². The molecule has 2 heterocycles. The number of piperidine rings is 1. The van der Waals surface area contributed by atoms with Gasteiger partial charge in [0.1, 0.15) is 5.82 Å². The van der Waals surface area contributed by atoms with Crippen LogP contribution in [0, 0.1) is 5.82 Å². The van der Waals surface area contributed by atoms with Crippen LogP contribution in [0.1, 0.15) is 44.7 Å². The molecule has 4 heteroatoms. The fraction of sp³-hybridized carbons (Fsp3) is 0.647. The summed E-state index contributed by atoms with van der Waals surface area (Å²) in [6.45, 7) is 6.88. The molecule has 3 rings (SSSR count). The van der Waals surface area contributed by atoms with E-state index in [-0.39, 0.29) is 5.82 Å². The molecule has 1 saturated heterocycles. The third kappa shape index (κ3) is 3.61. The highest BCUT2D eigenvalue weighted by atomic mass is 32.2. The predicted molar refractivity (Wildman–Crippen MR) is 87.3 cm³/mol. The summed E-state index contributed by atoms with van der Waals surface area (Å²) in [4.78, 5) is 3.79. The lowest BCUT2D eigenvalue weighted by atomic mass is 9.98. The second-order valence-electron chi connectivity index (χ2n) is 6.44. The molecular formula is C17H25FN2S. The Morgan fingerprint density at radius 3 is 2.71 bits per heavy atom. The molecule has 0 bridgehead atoms. The molecule has 1 unspecified atom stereocenters. The van der Waals surface area contributed by atoms with E-state index in [4.69, 9.17) is 0 Å². The first kappa shape index (κ1) is 15.3.